The molecule has 1 aliphatic rings. The molecule has 0 unspecified atom stereocenters. The third-order valence-electron chi connectivity index (χ3n) is 1.35. The van der Waals surface area contributed by atoms with Gasteiger partial charge in [-0.25, -0.2) is 0 Å². The van der Waals surface area contributed by atoms with Gasteiger partial charge in [0.05, 0.1) is 11.4 Å². The average Bonchev–Trinajstić information content (AvgIpc) is 2.22. The van der Waals surface area contributed by atoms with Crippen LogP contribution in [0.2, 0.25) is 0 Å². The summed E-state index contributed by atoms with van der Waals surface area (Å²) in [5, 5.41) is 0. The van der Waals surface area contributed by atoms with Gasteiger partial charge < -0.3 is 0 Å². The minimum absolute atomic E-state index is 0.866. The lowest BCUT2D eigenvalue weighted by Gasteiger charge is -2.01. The fourth-order valence-corrected chi connectivity index (χ4v) is 0.861. The standard InChI is InChI=1S/C9H10N2.C2H6/c1-3-11-9-7-5-4-6-8(9)10-2;1-2/h3-7H,1H2,2H3;1-2H3. The average molecular weight is 176 g/mol. The Morgan fingerprint density at radius 1 is 1.15 bits per heavy atom. The van der Waals surface area contributed by atoms with Crippen molar-refractivity contribution in [3.8, 4) is 0 Å². The summed E-state index contributed by atoms with van der Waals surface area (Å²) in [6.45, 7) is 7.52. The highest BCUT2D eigenvalue weighted by Crippen LogP contribution is 1.97. The second kappa shape index (κ2) is 7.22. The van der Waals surface area contributed by atoms with Gasteiger partial charge in [0.15, 0.2) is 0 Å². The van der Waals surface area contributed by atoms with Crippen LogP contribution in [0.25, 0.3) is 0 Å². The van der Waals surface area contributed by atoms with E-state index in [1.165, 1.54) is 6.20 Å². The zero-order chi connectivity index (χ0) is 10.1. The maximum atomic E-state index is 4.05. The van der Waals surface area contributed by atoms with Gasteiger partial charge in [-0.05, 0) is 12.2 Å². The molecule has 0 saturated carbocycles. The number of allylic oxidation sites excluding steroid dienone is 4. The number of rotatable bonds is 1. The largest absolute Gasteiger partial charge is 0.286 e. The molecule has 0 amide bonds. The number of hydrogen-bond acceptors (Lipinski definition) is 2. The first-order valence-corrected chi connectivity index (χ1v) is 4.39. The van der Waals surface area contributed by atoms with Gasteiger partial charge in [-0.1, -0.05) is 32.6 Å². The van der Waals surface area contributed by atoms with Crippen LogP contribution in [0.1, 0.15) is 13.8 Å². The van der Waals surface area contributed by atoms with Gasteiger partial charge in [-0.2, -0.15) is 0 Å². The Labute approximate surface area is 80.1 Å². The summed E-state index contributed by atoms with van der Waals surface area (Å²) in [6, 6.07) is 0. The SMILES string of the molecule is C=CN=C1C=CC=CC1=NC.CC. The molecule has 0 aromatic rings. The summed E-state index contributed by atoms with van der Waals surface area (Å²) in [6.07, 6.45) is 9.21. The lowest BCUT2D eigenvalue weighted by atomic mass is 10.1. The van der Waals surface area contributed by atoms with E-state index in [1.807, 2.05) is 38.2 Å². The first-order valence-electron chi connectivity index (χ1n) is 4.39. The van der Waals surface area contributed by atoms with Crippen LogP contribution in [-0.2, 0) is 0 Å². The zero-order valence-electron chi connectivity index (χ0n) is 8.49. The Morgan fingerprint density at radius 3 is 2.15 bits per heavy atom. The molecule has 13 heavy (non-hydrogen) atoms. The molecule has 0 atom stereocenters. The minimum Gasteiger partial charge on any atom is -0.286 e. The fourth-order valence-electron chi connectivity index (χ4n) is 0.861. The topological polar surface area (TPSA) is 24.7 Å². The molecule has 70 valence electrons. The smallest absolute Gasteiger partial charge is 0.0881 e. The molecule has 1 aliphatic carbocycles. The molecule has 0 aliphatic heterocycles. The third-order valence-corrected chi connectivity index (χ3v) is 1.35. The molecule has 0 aromatic carbocycles. The van der Waals surface area contributed by atoms with Gasteiger partial charge in [0.25, 0.3) is 0 Å². The highest BCUT2D eigenvalue weighted by Gasteiger charge is 2.01. The summed E-state index contributed by atoms with van der Waals surface area (Å²) >= 11 is 0. The van der Waals surface area contributed by atoms with Crippen LogP contribution in [0.5, 0.6) is 0 Å². The predicted molar refractivity (Wildman–Crippen MR) is 60.6 cm³/mol. The van der Waals surface area contributed by atoms with E-state index in [-0.39, 0.29) is 0 Å². The number of nitrogens with zero attached hydrogens (tertiary/aromatic N) is 2. The summed E-state index contributed by atoms with van der Waals surface area (Å²) in [5.74, 6) is 0. The van der Waals surface area contributed by atoms with E-state index in [9.17, 15) is 0 Å². The molecule has 0 aromatic heterocycles. The lowest BCUT2D eigenvalue weighted by Crippen LogP contribution is -2.10. The van der Waals surface area contributed by atoms with E-state index in [2.05, 4.69) is 16.6 Å². The van der Waals surface area contributed by atoms with E-state index in [0.717, 1.165) is 11.4 Å². The summed E-state index contributed by atoms with van der Waals surface area (Å²) < 4.78 is 0. The Bertz CT molecular complexity index is 268. The van der Waals surface area contributed by atoms with Crippen LogP contribution in [0.3, 0.4) is 0 Å². The Morgan fingerprint density at radius 2 is 1.69 bits per heavy atom. The van der Waals surface area contributed by atoms with Crippen LogP contribution < -0.4 is 0 Å². The van der Waals surface area contributed by atoms with Crippen LogP contribution in [0.15, 0.2) is 47.1 Å². The first-order chi connectivity index (χ1) is 6.38. The van der Waals surface area contributed by atoms with E-state index >= 15 is 0 Å². The second-order valence-electron chi connectivity index (χ2n) is 2.02. The molecular formula is C11H16N2. The monoisotopic (exact) mass is 176 g/mol. The normalized spacial score (nSPS) is 19.9. The van der Waals surface area contributed by atoms with Crippen LogP contribution in [0, 0.1) is 0 Å². The van der Waals surface area contributed by atoms with Crippen molar-refractivity contribution in [3.63, 3.8) is 0 Å². The molecule has 0 fully saturated rings. The highest BCUT2D eigenvalue weighted by molar-refractivity contribution is 6.51. The van der Waals surface area contributed by atoms with Crippen LogP contribution in [-0.4, -0.2) is 18.5 Å². The van der Waals surface area contributed by atoms with Crippen molar-refractivity contribution >= 4 is 11.4 Å². The lowest BCUT2D eigenvalue weighted by molar-refractivity contribution is 1.45. The van der Waals surface area contributed by atoms with Crippen molar-refractivity contribution in [2.75, 3.05) is 7.05 Å². The van der Waals surface area contributed by atoms with Crippen molar-refractivity contribution in [1.82, 2.24) is 0 Å². The van der Waals surface area contributed by atoms with Gasteiger partial charge in [-0.3, -0.25) is 9.98 Å². The van der Waals surface area contributed by atoms with E-state index in [1.54, 1.807) is 7.05 Å². The first kappa shape index (κ1) is 11.6. The van der Waals surface area contributed by atoms with E-state index in [4.69, 9.17) is 0 Å². The molecule has 1 rings (SSSR count). The minimum atomic E-state index is 0.866. The van der Waals surface area contributed by atoms with Crippen molar-refractivity contribution in [2.45, 2.75) is 13.8 Å². The van der Waals surface area contributed by atoms with Crippen molar-refractivity contribution < 1.29 is 0 Å². The Kier molecular flexibility index (Phi) is 6.42. The van der Waals surface area contributed by atoms with Gasteiger partial charge >= 0.3 is 0 Å². The summed E-state index contributed by atoms with van der Waals surface area (Å²) in [4.78, 5) is 8.10. The van der Waals surface area contributed by atoms with Gasteiger partial charge in [-0.15, -0.1) is 0 Å². The van der Waals surface area contributed by atoms with Crippen molar-refractivity contribution in [3.05, 3.63) is 37.1 Å². The van der Waals surface area contributed by atoms with Crippen LogP contribution >= 0.6 is 0 Å². The molecule has 2 heteroatoms. The Balaban J connectivity index is 0.000000671. The maximum Gasteiger partial charge on any atom is 0.0881 e. The molecule has 0 N–H and O–H groups in total. The van der Waals surface area contributed by atoms with Gasteiger partial charge in [0.1, 0.15) is 0 Å². The van der Waals surface area contributed by atoms with Crippen molar-refractivity contribution in [2.24, 2.45) is 9.98 Å². The summed E-state index contributed by atoms with van der Waals surface area (Å²) in [5.41, 5.74) is 1.76. The number of aliphatic imine (C=N–C) groups is 2. The second-order valence-corrected chi connectivity index (χ2v) is 2.02. The third kappa shape index (κ3) is 3.65. The molecule has 0 radical (unpaired) electrons. The molecule has 0 bridgehead atoms. The Hall–Kier alpha value is -1.44. The quantitative estimate of drug-likeness (QED) is 0.549. The van der Waals surface area contributed by atoms with E-state index in [0.29, 0.717) is 0 Å². The molecule has 0 saturated heterocycles. The highest BCUT2D eigenvalue weighted by atomic mass is 14.8. The maximum absolute atomic E-state index is 4.05. The van der Waals surface area contributed by atoms with E-state index < -0.39 is 0 Å². The molecular weight excluding hydrogens is 160 g/mol. The van der Waals surface area contributed by atoms with Crippen LogP contribution in [0.4, 0.5) is 0 Å². The zero-order valence-corrected chi connectivity index (χ0v) is 8.49. The molecule has 0 spiro atoms. The van der Waals surface area contributed by atoms with Gasteiger partial charge in [0.2, 0.25) is 0 Å². The summed E-state index contributed by atoms with van der Waals surface area (Å²) in [7, 11) is 1.75. The van der Waals surface area contributed by atoms with Crippen molar-refractivity contribution in [1.29, 1.82) is 0 Å². The molecule has 0 heterocycles. The molecule has 2 nitrogen and oxygen atoms in total. The predicted octanol–water partition coefficient (Wildman–Crippen LogP) is 2.79. The number of hydrogen-bond donors (Lipinski definition) is 0. The van der Waals surface area contributed by atoms with Gasteiger partial charge in [0, 0.05) is 13.2 Å². The fraction of sp³-hybridized carbons (Fsp3) is 0.273.